The van der Waals surface area contributed by atoms with Gasteiger partial charge in [-0.2, -0.15) is 0 Å². The van der Waals surface area contributed by atoms with Crippen molar-refractivity contribution in [1.29, 1.82) is 0 Å². The molecule has 7 heteroatoms. The van der Waals surface area contributed by atoms with Crippen LogP contribution in [0, 0.1) is 19.7 Å². The van der Waals surface area contributed by atoms with Crippen molar-refractivity contribution in [3.05, 3.63) is 52.7 Å². The first-order valence-corrected chi connectivity index (χ1v) is 8.16. The molecule has 1 heterocycles. The second-order valence-corrected chi connectivity index (χ2v) is 7.03. The number of aromatic nitrogens is 1. The van der Waals surface area contributed by atoms with Crippen LogP contribution in [0.4, 0.5) is 4.39 Å². The number of nitrogens with zero attached hydrogens (tertiary/aromatic N) is 1. The summed E-state index contributed by atoms with van der Waals surface area (Å²) >= 11 is 0. The zero-order valence-electron chi connectivity index (χ0n) is 11.7. The summed E-state index contributed by atoms with van der Waals surface area (Å²) in [5.41, 5.74) is 1.40. The van der Waals surface area contributed by atoms with Crippen LogP contribution in [-0.4, -0.2) is 24.4 Å². The van der Waals surface area contributed by atoms with Crippen LogP contribution >= 0.6 is 0 Å². The summed E-state index contributed by atoms with van der Waals surface area (Å²) in [5.74, 6) is -0.674. The van der Waals surface area contributed by atoms with E-state index in [0.29, 0.717) is 22.6 Å². The summed E-state index contributed by atoms with van der Waals surface area (Å²) in [6, 6.07) is 5.09. The fourth-order valence-electron chi connectivity index (χ4n) is 2.01. The Bertz CT molecular complexity index is 702. The minimum atomic E-state index is -3.55. The molecule has 21 heavy (non-hydrogen) atoms. The lowest BCUT2D eigenvalue weighted by Gasteiger charge is -2.11. The Balaban J connectivity index is 2.12. The molecule has 2 rings (SSSR count). The maximum Gasteiger partial charge on any atom is 0.157 e. The minimum absolute atomic E-state index is 0.244. The van der Waals surface area contributed by atoms with E-state index >= 15 is 0 Å². The third kappa shape index (κ3) is 3.89. The molecule has 0 fully saturated rings. The van der Waals surface area contributed by atoms with Gasteiger partial charge in [0.25, 0.3) is 0 Å². The highest BCUT2D eigenvalue weighted by Gasteiger charge is 2.23. The molecule has 0 radical (unpaired) electrons. The van der Waals surface area contributed by atoms with Gasteiger partial charge in [0.2, 0.25) is 0 Å². The maximum atomic E-state index is 12.8. The van der Waals surface area contributed by atoms with Crippen molar-refractivity contribution in [3.63, 3.8) is 0 Å². The predicted molar refractivity (Wildman–Crippen MR) is 74.8 cm³/mol. The van der Waals surface area contributed by atoms with Crippen LogP contribution < -0.4 is 0 Å². The Morgan fingerprint density at radius 2 is 1.90 bits per heavy atom. The number of hydrogen-bond acceptors (Lipinski definition) is 5. The van der Waals surface area contributed by atoms with Gasteiger partial charge in [-0.05, 0) is 31.5 Å². The third-order valence-corrected chi connectivity index (χ3v) is 4.76. The molecule has 2 aromatic rings. The number of rotatable bonds is 5. The number of halogens is 1. The van der Waals surface area contributed by atoms with Crippen LogP contribution in [-0.2, 0) is 15.6 Å². The lowest BCUT2D eigenvalue weighted by atomic mass is 10.1. The van der Waals surface area contributed by atoms with E-state index in [0.717, 1.165) is 0 Å². The van der Waals surface area contributed by atoms with Gasteiger partial charge in [-0.15, -0.1) is 0 Å². The van der Waals surface area contributed by atoms with Gasteiger partial charge in [-0.1, -0.05) is 17.3 Å². The number of aryl methyl sites for hydroxylation is 2. The minimum Gasteiger partial charge on any atom is -0.387 e. The molecule has 1 atom stereocenters. The van der Waals surface area contributed by atoms with Gasteiger partial charge >= 0.3 is 0 Å². The Morgan fingerprint density at radius 1 is 1.29 bits per heavy atom. The van der Waals surface area contributed by atoms with E-state index < -0.39 is 27.5 Å². The number of hydrogen-bond donors (Lipinski definition) is 1. The molecule has 1 aromatic carbocycles. The zero-order chi connectivity index (χ0) is 15.6. The Morgan fingerprint density at radius 3 is 2.43 bits per heavy atom. The summed E-state index contributed by atoms with van der Waals surface area (Å²) in [7, 11) is -3.55. The molecular weight excluding hydrogens is 297 g/mol. The van der Waals surface area contributed by atoms with Gasteiger partial charge in [-0.25, -0.2) is 12.8 Å². The highest BCUT2D eigenvalue weighted by atomic mass is 32.2. The first-order valence-electron chi connectivity index (χ1n) is 6.34. The van der Waals surface area contributed by atoms with Crippen LogP contribution in [0.25, 0.3) is 0 Å². The molecule has 0 saturated carbocycles. The highest BCUT2D eigenvalue weighted by Crippen LogP contribution is 2.20. The standard InChI is InChI=1S/C14H16FNO4S/c1-9-13(10(2)20-16-9)7-21(18,19)8-14(17)11-3-5-12(15)6-4-11/h3-6,14,17H,7-8H2,1-2H3/t14-/m0/s1. The molecular formula is C14H16FNO4S. The summed E-state index contributed by atoms with van der Waals surface area (Å²) in [6.07, 6.45) is -1.20. The number of aliphatic hydroxyl groups excluding tert-OH is 1. The van der Waals surface area contributed by atoms with E-state index in [1.807, 2.05) is 0 Å². The number of aliphatic hydroxyl groups is 1. The fourth-order valence-corrected chi connectivity index (χ4v) is 3.65. The second kappa shape index (κ2) is 5.95. The lowest BCUT2D eigenvalue weighted by molar-refractivity contribution is 0.201. The molecule has 0 unspecified atom stereocenters. The molecule has 0 spiro atoms. The first kappa shape index (κ1) is 15.7. The number of sulfone groups is 1. The van der Waals surface area contributed by atoms with Crippen molar-refractivity contribution in [1.82, 2.24) is 5.16 Å². The van der Waals surface area contributed by atoms with E-state index in [1.165, 1.54) is 24.3 Å². The van der Waals surface area contributed by atoms with Crippen LogP contribution in [0.1, 0.15) is 28.7 Å². The van der Waals surface area contributed by atoms with Crippen molar-refractivity contribution in [3.8, 4) is 0 Å². The molecule has 0 bridgehead atoms. The molecule has 1 N–H and O–H groups in total. The molecule has 1 aromatic heterocycles. The summed E-state index contributed by atoms with van der Waals surface area (Å²) < 4.78 is 42.0. The average Bonchev–Trinajstić information content (AvgIpc) is 2.70. The Hall–Kier alpha value is -1.73. The van der Waals surface area contributed by atoms with Gasteiger partial charge < -0.3 is 9.63 Å². The van der Waals surface area contributed by atoms with Gasteiger partial charge in [0.1, 0.15) is 11.6 Å². The van der Waals surface area contributed by atoms with Crippen LogP contribution in [0.2, 0.25) is 0 Å². The van der Waals surface area contributed by atoms with Crippen molar-refractivity contribution in [2.75, 3.05) is 5.75 Å². The SMILES string of the molecule is Cc1noc(C)c1CS(=O)(=O)C[C@H](O)c1ccc(F)cc1. The van der Waals surface area contributed by atoms with Crippen LogP contribution in [0.3, 0.4) is 0 Å². The zero-order valence-corrected chi connectivity index (χ0v) is 12.5. The van der Waals surface area contributed by atoms with E-state index in [4.69, 9.17) is 4.52 Å². The smallest absolute Gasteiger partial charge is 0.157 e. The predicted octanol–water partition coefficient (Wildman–Crippen LogP) is 2.08. The second-order valence-electron chi connectivity index (χ2n) is 4.92. The molecule has 0 saturated heterocycles. The van der Waals surface area contributed by atoms with Crippen molar-refractivity contribution in [2.45, 2.75) is 25.7 Å². The molecule has 0 aliphatic carbocycles. The van der Waals surface area contributed by atoms with E-state index in [1.54, 1.807) is 13.8 Å². The van der Waals surface area contributed by atoms with Crippen molar-refractivity contribution in [2.24, 2.45) is 0 Å². The van der Waals surface area contributed by atoms with Gasteiger partial charge in [0.05, 0.1) is 23.3 Å². The van der Waals surface area contributed by atoms with Crippen molar-refractivity contribution < 1.29 is 22.4 Å². The first-order chi connectivity index (χ1) is 9.78. The van der Waals surface area contributed by atoms with Crippen LogP contribution in [0.5, 0.6) is 0 Å². The quantitative estimate of drug-likeness (QED) is 0.914. The van der Waals surface area contributed by atoms with Crippen molar-refractivity contribution >= 4 is 9.84 Å². The highest BCUT2D eigenvalue weighted by molar-refractivity contribution is 7.90. The molecule has 0 aliphatic heterocycles. The Kier molecular flexibility index (Phi) is 4.43. The number of benzene rings is 1. The van der Waals surface area contributed by atoms with Gasteiger partial charge in [0, 0.05) is 5.56 Å². The van der Waals surface area contributed by atoms with E-state index in [9.17, 15) is 17.9 Å². The monoisotopic (exact) mass is 313 g/mol. The normalized spacial score (nSPS) is 13.3. The summed E-state index contributed by atoms with van der Waals surface area (Å²) in [5, 5.41) is 13.7. The molecule has 5 nitrogen and oxygen atoms in total. The van der Waals surface area contributed by atoms with Crippen LogP contribution in [0.15, 0.2) is 28.8 Å². The molecule has 0 amide bonds. The summed E-state index contributed by atoms with van der Waals surface area (Å²) in [6.45, 7) is 3.30. The summed E-state index contributed by atoms with van der Waals surface area (Å²) in [4.78, 5) is 0. The van der Waals surface area contributed by atoms with E-state index in [2.05, 4.69) is 5.16 Å². The fraction of sp³-hybridized carbons (Fsp3) is 0.357. The maximum absolute atomic E-state index is 12.8. The lowest BCUT2D eigenvalue weighted by Crippen LogP contribution is -2.17. The van der Waals surface area contributed by atoms with Gasteiger partial charge in [-0.3, -0.25) is 0 Å². The van der Waals surface area contributed by atoms with E-state index in [-0.39, 0.29) is 5.75 Å². The Labute approximate surface area is 122 Å². The molecule has 114 valence electrons. The average molecular weight is 313 g/mol. The topological polar surface area (TPSA) is 80.4 Å². The molecule has 0 aliphatic rings. The largest absolute Gasteiger partial charge is 0.387 e. The third-order valence-electron chi connectivity index (χ3n) is 3.21. The van der Waals surface area contributed by atoms with Gasteiger partial charge in [0.15, 0.2) is 9.84 Å².